The summed E-state index contributed by atoms with van der Waals surface area (Å²) in [4.78, 5) is 17.4. The molecule has 2 aromatic carbocycles. The van der Waals surface area contributed by atoms with Crippen LogP contribution in [0, 0.1) is 0 Å². The maximum atomic E-state index is 12.8. The molecular formula is C24H29ClN2O3. The largest absolute Gasteiger partial charge is 0.493 e. The van der Waals surface area contributed by atoms with Crippen molar-refractivity contribution in [2.24, 2.45) is 0 Å². The zero-order valence-electron chi connectivity index (χ0n) is 17.9. The molecule has 0 bridgehead atoms. The summed E-state index contributed by atoms with van der Waals surface area (Å²) in [5.74, 6) is 0.714. The van der Waals surface area contributed by atoms with Crippen molar-refractivity contribution in [3.05, 3.63) is 64.0 Å². The topological polar surface area (TPSA) is 45.9 Å². The minimum atomic E-state index is -0.0640. The number of halogens is 1. The van der Waals surface area contributed by atoms with Gasteiger partial charge in [0.05, 0.1) is 17.6 Å². The first kappa shape index (κ1) is 22.3. The average molecular weight is 429 g/mol. The summed E-state index contributed by atoms with van der Waals surface area (Å²) in [5, 5.41) is 1.17. The molecule has 0 N–H and O–H groups in total. The van der Waals surface area contributed by atoms with E-state index in [-0.39, 0.29) is 5.43 Å². The Morgan fingerprint density at radius 3 is 2.47 bits per heavy atom. The molecule has 0 atom stereocenters. The van der Waals surface area contributed by atoms with E-state index in [1.165, 1.54) is 6.26 Å². The Balaban J connectivity index is 1.56. The van der Waals surface area contributed by atoms with Crippen molar-refractivity contribution >= 4 is 22.6 Å². The van der Waals surface area contributed by atoms with Crippen molar-refractivity contribution in [3.63, 3.8) is 0 Å². The van der Waals surface area contributed by atoms with Crippen LogP contribution in [0.1, 0.15) is 12.8 Å². The molecule has 3 rings (SSSR count). The van der Waals surface area contributed by atoms with Gasteiger partial charge in [0.2, 0.25) is 0 Å². The van der Waals surface area contributed by atoms with Gasteiger partial charge in [0.1, 0.15) is 17.6 Å². The number of benzene rings is 2. The third-order valence-corrected chi connectivity index (χ3v) is 5.29. The molecule has 3 aromatic rings. The Morgan fingerprint density at radius 1 is 0.967 bits per heavy atom. The zero-order valence-corrected chi connectivity index (χ0v) is 18.6. The molecule has 0 saturated carbocycles. The Morgan fingerprint density at radius 2 is 1.73 bits per heavy atom. The van der Waals surface area contributed by atoms with E-state index in [4.69, 9.17) is 20.8 Å². The van der Waals surface area contributed by atoms with E-state index in [0.29, 0.717) is 33.9 Å². The Hall–Kier alpha value is -2.34. The number of ether oxygens (including phenoxy) is 1. The minimum Gasteiger partial charge on any atom is -0.493 e. The molecular weight excluding hydrogens is 400 g/mol. The van der Waals surface area contributed by atoms with Gasteiger partial charge in [-0.2, -0.15) is 0 Å². The van der Waals surface area contributed by atoms with E-state index in [2.05, 4.69) is 30.9 Å². The molecule has 160 valence electrons. The smallest absolute Gasteiger partial charge is 0.200 e. The number of fused-ring (bicyclic) bond motifs is 1. The van der Waals surface area contributed by atoms with Gasteiger partial charge in [-0.1, -0.05) is 23.7 Å². The Labute approximate surface area is 182 Å². The highest BCUT2D eigenvalue weighted by molar-refractivity contribution is 6.30. The van der Waals surface area contributed by atoms with Crippen LogP contribution in [0.15, 0.2) is 57.9 Å². The fourth-order valence-electron chi connectivity index (χ4n) is 3.18. The van der Waals surface area contributed by atoms with E-state index in [1.54, 1.807) is 24.3 Å². The summed E-state index contributed by atoms with van der Waals surface area (Å²) in [6.45, 7) is 3.82. The number of rotatable bonds is 10. The third kappa shape index (κ3) is 6.08. The normalized spacial score (nSPS) is 11.5. The van der Waals surface area contributed by atoms with E-state index in [1.807, 2.05) is 18.2 Å². The summed E-state index contributed by atoms with van der Waals surface area (Å²) in [6.07, 6.45) is 3.56. The van der Waals surface area contributed by atoms with Crippen LogP contribution in [-0.4, -0.2) is 57.2 Å². The summed E-state index contributed by atoms with van der Waals surface area (Å²) in [7, 11) is 6.33. The molecule has 0 radical (unpaired) electrons. The monoisotopic (exact) mass is 428 g/mol. The second kappa shape index (κ2) is 10.6. The van der Waals surface area contributed by atoms with E-state index < -0.39 is 0 Å². The first-order valence-corrected chi connectivity index (χ1v) is 10.6. The molecule has 0 fully saturated rings. The molecule has 6 heteroatoms. The van der Waals surface area contributed by atoms with Gasteiger partial charge in [-0.15, -0.1) is 0 Å². The van der Waals surface area contributed by atoms with Crippen LogP contribution in [0.2, 0.25) is 5.02 Å². The predicted molar refractivity (Wildman–Crippen MR) is 124 cm³/mol. The molecule has 1 aromatic heterocycles. The van der Waals surface area contributed by atoms with Crippen molar-refractivity contribution in [1.29, 1.82) is 0 Å². The Bertz CT molecular complexity index is 1020. The average Bonchev–Trinajstić information content (AvgIpc) is 2.73. The molecule has 0 aliphatic carbocycles. The standard InChI is InChI=1S/C24H29ClN2O3/c1-26(2)13-14-27(3)12-4-5-15-29-20-10-11-21-23(16-20)30-17-22(24(21)28)18-6-8-19(25)9-7-18/h6-11,16-17H,4-5,12-15H2,1-3H3. The zero-order chi connectivity index (χ0) is 21.5. The first-order valence-electron chi connectivity index (χ1n) is 10.2. The molecule has 1 heterocycles. The first-order chi connectivity index (χ1) is 14.4. The number of likely N-dealkylation sites (N-methyl/N-ethyl adjacent to an activating group) is 2. The van der Waals surface area contributed by atoms with E-state index in [0.717, 1.165) is 38.0 Å². The summed E-state index contributed by atoms with van der Waals surface area (Å²) in [5.41, 5.74) is 1.77. The second-order valence-corrected chi connectivity index (χ2v) is 8.24. The maximum Gasteiger partial charge on any atom is 0.200 e. The van der Waals surface area contributed by atoms with Gasteiger partial charge in [0.25, 0.3) is 0 Å². The van der Waals surface area contributed by atoms with Crippen molar-refractivity contribution in [1.82, 2.24) is 9.80 Å². The van der Waals surface area contributed by atoms with Crippen molar-refractivity contribution < 1.29 is 9.15 Å². The van der Waals surface area contributed by atoms with Gasteiger partial charge in [0.15, 0.2) is 5.43 Å². The highest BCUT2D eigenvalue weighted by Crippen LogP contribution is 2.24. The van der Waals surface area contributed by atoms with Crippen LogP contribution in [0.5, 0.6) is 5.75 Å². The van der Waals surface area contributed by atoms with Crippen molar-refractivity contribution in [3.8, 4) is 16.9 Å². The van der Waals surface area contributed by atoms with Crippen LogP contribution < -0.4 is 10.2 Å². The van der Waals surface area contributed by atoms with Crippen LogP contribution in [-0.2, 0) is 0 Å². The van der Waals surface area contributed by atoms with Gasteiger partial charge < -0.3 is 19.0 Å². The highest BCUT2D eigenvalue weighted by atomic mass is 35.5. The molecule has 0 aliphatic rings. The lowest BCUT2D eigenvalue weighted by atomic mass is 10.1. The number of hydrogen-bond donors (Lipinski definition) is 0. The maximum absolute atomic E-state index is 12.8. The summed E-state index contributed by atoms with van der Waals surface area (Å²) in [6, 6.07) is 12.5. The second-order valence-electron chi connectivity index (χ2n) is 7.81. The lowest BCUT2D eigenvalue weighted by Crippen LogP contribution is -2.29. The van der Waals surface area contributed by atoms with Gasteiger partial charge in [-0.25, -0.2) is 0 Å². The summed E-state index contributed by atoms with van der Waals surface area (Å²) >= 11 is 5.93. The number of unbranched alkanes of at least 4 members (excludes halogenated alkanes) is 1. The van der Waals surface area contributed by atoms with Crippen LogP contribution >= 0.6 is 11.6 Å². The molecule has 0 aliphatic heterocycles. The van der Waals surface area contributed by atoms with Gasteiger partial charge in [-0.05, 0) is 70.4 Å². The molecule has 0 unspecified atom stereocenters. The minimum absolute atomic E-state index is 0.0640. The predicted octanol–water partition coefficient (Wildman–Crippen LogP) is 4.77. The van der Waals surface area contributed by atoms with Crippen LogP contribution in [0.25, 0.3) is 22.1 Å². The molecule has 0 amide bonds. The SMILES string of the molecule is CN(C)CCN(C)CCCCOc1ccc2c(=O)c(-c3ccc(Cl)cc3)coc2c1. The fraction of sp³-hybridized carbons (Fsp3) is 0.375. The summed E-state index contributed by atoms with van der Waals surface area (Å²) < 4.78 is 11.6. The highest BCUT2D eigenvalue weighted by Gasteiger charge is 2.10. The van der Waals surface area contributed by atoms with Crippen LogP contribution in [0.4, 0.5) is 0 Å². The molecule has 0 saturated heterocycles. The third-order valence-electron chi connectivity index (χ3n) is 5.03. The quantitative estimate of drug-likeness (QED) is 0.435. The van der Waals surface area contributed by atoms with Gasteiger partial charge >= 0.3 is 0 Å². The Kier molecular flexibility index (Phi) is 7.91. The van der Waals surface area contributed by atoms with Crippen molar-refractivity contribution in [2.45, 2.75) is 12.8 Å². The van der Waals surface area contributed by atoms with Crippen molar-refractivity contribution in [2.75, 3.05) is 47.4 Å². The number of nitrogens with zero attached hydrogens (tertiary/aromatic N) is 2. The van der Waals surface area contributed by atoms with Gasteiger partial charge in [-0.3, -0.25) is 4.79 Å². The molecule has 5 nitrogen and oxygen atoms in total. The molecule has 30 heavy (non-hydrogen) atoms. The number of hydrogen-bond acceptors (Lipinski definition) is 5. The van der Waals surface area contributed by atoms with E-state index in [9.17, 15) is 4.79 Å². The lowest BCUT2D eigenvalue weighted by molar-refractivity contribution is 0.259. The van der Waals surface area contributed by atoms with Gasteiger partial charge in [0, 0.05) is 24.2 Å². The van der Waals surface area contributed by atoms with Crippen LogP contribution in [0.3, 0.4) is 0 Å². The lowest BCUT2D eigenvalue weighted by Gasteiger charge is -2.19. The molecule has 0 spiro atoms. The van der Waals surface area contributed by atoms with E-state index >= 15 is 0 Å². The fourth-order valence-corrected chi connectivity index (χ4v) is 3.31.